The monoisotopic (exact) mass is 546 g/mol. The number of halogens is 7. The third-order valence-corrected chi connectivity index (χ3v) is 7.60. The average Bonchev–Trinajstić information content (AvgIpc) is 2.88. The van der Waals surface area contributed by atoms with Gasteiger partial charge in [0.2, 0.25) is 0 Å². The Morgan fingerprint density at radius 2 is 1.16 bits per heavy atom. The first kappa shape index (κ1) is 30.3. The lowest BCUT2D eigenvalue weighted by atomic mass is 9.77. The minimum Gasteiger partial charge on any atom is -0.428 e. The molecule has 1 fully saturated rings. The van der Waals surface area contributed by atoms with Gasteiger partial charge in [-0.3, -0.25) is 0 Å². The normalized spacial score (nSPS) is 18.9. The summed E-state index contributed by atoms with van der Waals surface area (Å²) < 4.78 is 93.8. The molecule has 0 saturated heterocycles. The first-order valence-electron chi connectivity index (χ1n) is 13.7. The summed E-state index contributed by atoms with van der Waals surface area (Å²) in [4.78, 5) is 0. The molecule has 8 heteroatoms. The Kier molecular flexibility index (Phi) is 10.5. The van der Waals surface area contributed by atoms with Crippen LogP contribution >= 0.6 is 0 Å². The van der Waals surface area contributed by atoms with E-state index in [2.05, 4.69) is 11.7 Å². The van der Waals surface area contributed by atoms with Crippen molar-refractivity contribution in [2.24, 2.45) is 5.92 Å². The number of benzene rings is 2. The summed E-state index contributed by atoms with van der Waals surface area (Å²) in [6, 6.07) is 12.5. The highest BCUT2D eigenvalue weighted by Crippen LogP contribution is 2.47. The summed E-state index contributed by atoms with van der Waals surface area (Å²) in [7, 11) is 0. The number of ether oxygens (including phenoxy) is 1. The number of hydrogen-bond donors (Lipinski definition) is 0. The molecule has 0 bridgehead atoms. The summed E-state index contributed by atoms with van der Waals surface area (Å²) in [5, 5.41) is 0. The van der Waals surface area contributed by atoms with Crippen molar-refractivity contribution in [3.8, 4) is 16.9 Å². The highest BCUT2D eigenvalue weighted by molar-refractivity contribution is 5.64. The summed E-state index contributed by atoms with van der Waals surface area (Å²) in [6.45, 7) is 2.23. The molecule has 0 amide bonds. The molecule has 0 heterocycles. The summed E-state index contributed by atoms with van der Waals surface area (Å²) >= 11 is 0. The third kappa shape index (κ3) is 7.89. The van der Waals surface area contributed by atoms with Crippen molar-refractivity contribution < 1.29 is 35.5 Å². The molecule has 1 nitrogen and oxygen atoms in total. The van der Waals surface area contributed by atoms with Crippen LogP contribution in [0.25, 0.3) is 11.1 Å². The van der Waals surface area contributed by atoms with E-state index < -0.39 is 24.0 Å². The lowest BCUT2D eigenvalue weighted by molar-refractivity contribution is -0.402. The highest BCUT2D eigenvalue weighted by Gasteiger charge is 2.75. The van der Waals surface area contributed by atoms with Crippen LogP contribution in [0.15, 0.2) is 48.5 Å². The maximum Gasteiger partial charge on any atom is 0.474 e. The Morgan fingerprint density at radius 1 is 0.658 bits per heavy atom. The number of unbranched alkanes of at least 4 members (excludes halogenated alkanes) is 6. The van der Waals surface area contributed by atoms with Gasteiger partial charge in [-0.25, -0.2) is 0 Å². The Morgan fingerprint density at radius 3 is 1.68 bits per heavy atom. The minimum absolute atomic E-state index is 0.502. The van der Waals surface area contributed by atoms with E-state index in [-0.39, 0.29) is 0 Å². The Hall–Kier alpha value is -2.25. The second-order valence-electron chi connectivity index (χ2n) is 10.5. The molecule has 1 saturated carbocycles. The lowest BCUT2D eigenvalue weighted by Crippen LogP contribution is -2.55. The van der Waals surface area contributed by atoms with Gasteiger partial charge in [-0.1, -0.05) is 94.7 Å². The zero-order chi connectivity index (χ0) is 27.8. The van der Waals surface area contributed by atoms with E-state index in [0.29, 0.717) is 11.5 Å². The van der Waals surface area contributed by atoms with Gasteiger partial charge in [-0.05, 0) is 66.3 Å². The molecule has 2 aromatic rings. The summed E-state index contributed by atoms with van der Waals surface area (Å²) in [6.07, 6.45) is 3.26. The van der Waals surface area contributed by atoms with Crippen molar-refractivity contribution in [3.05, 3.63) is 54.1 Å². The van der Waals surface area contributed by atoms with Gasteiger partial charge >= 0.3 is 18.2 Å². The average molecular weight is 547 g/mol. The molecule has 0 atom stereocenters. The van der Waals surface area contributed by atoms with Gasteiger partial charge in [0, 0.05) is 0 Å². The van der Waals surface area contributed by atoms with Crippen LogP contribution in [-0.4, -0.2) is 18.2 Å². The maximum atomic E-state index is 13.5. The van der Waals surface area contributed by atoms with E-state index in [1.54, 1.807) is 0 Å². The fraction of sp³-hybridized carbons (Fsp3) is 0.600. The molecule has 0 aliphatic heterocycles. The van der Waals surface area contributed by atoms with Crippen LogP contribution in [0.4, 0.5) is 30.7 Å². The van der Waals surface area contributed by atoms with E-state index in [0.717, 1.165) is 36.5 Å². The quantitative estimate of drug-likeness (QED) is 0.179. The predicted octanol–water partition coefficient (Wildman–Crippen LogP) is 10.9. The number of hydrogen-bond acceptors (Lipinski definition) is 1. The second-order valence-corrected chi connectivity index (χ2v) is 10.5. The molecule has 2 aromatic carbocycles. The Labute approximate surface area is 220 Å². The van der Waals surface area contributed by atoms with Crippen molar-refractivity contribution in [1.82, 2.24) is 0 Å². The largest absolute Gasteiger partial charge is 0.474 e. The van der Waals surface area contributed by atoms with Crippen LogP contribution in [-0.2, 0) is 0 Å². The minimum atomic E-state index is -6.44. The van der Waals surface area contributed by atoms with Crippen molar-refractivity contribution >= 4 is 0 Å². The molecule has 3 rings (SSSR count). The molecule has 0 unspecified atom stereocenters. The summed E-state index contributed by atoms with van der Waals surface area (Å²) in [5.74, 6) is -5.79. The molecular weight excluding hydrogens is 509 g/mol. The van der Waals surface area contributed by atoms with E-state index >= 15 is 0 Å². The fourth-order valence-corrected chi connectivity index (χ4v) is 5.21. The molecular formula is C30H37F7O. The van der Waals surface area contributed by atoms with Crippen LogP contribution < -0.4 is 4.74 Å². The highest BCUT2D eigenvalue weighted by atomic mass is 19.4. The van der Waals surface area contributed by atoms with Crippen molar-refractivity contribution in [3.63, 3.8) is 0 Å². The van der Waals surface area contributed by atoms with Gasteiger partial charge in [0.15, 0.2) is 0 Å². The first-order valence-corrected chi connectivity index (χ1v) is 13.7. The van der Waals surface area contributed by atoms with Gasteiger partial charge in [0.05, 0.1) is 0 Å². The van der Waals surface area contributed by atoms with E-state index in [1.807, 2.05) is 24.3 Å². The van der Waals surface area contributed by atoms with E-state index in [9.17, 15) is 30.7 Å². The van der Waals surface area contributed by atoms with Gasteiger partial charge in [0.25, 0.3) is 0 Å². The fourth-order valence-electron chi connectivity index (χ4n) is 5.21. The zero-order valence-electron chi connectivity index (χ0n) is 21.8. The van der Waals surface area contributed by atoms with Crippen molar-refractivity contribution in [2.75, 3.05) is 0 Å². The molecule has 212 valence electrons. The molecule has 0 aromatic heterocycles. The molecule has 0 N–H and O–H groups in total. The summed E-state index contributed by atoms with van der Waals surface area (Å²) in [5.41, 5.74) is 2.63. The van der Waals surface area contributed by atoms with Gasteiger partial charge in [-0.15, -0.1) is 0 Å². The molecule has 1 aliphatic rings. The van der Waals surface area contributed by atoms with E-state index in [4.69, 9.17) is 0 Å². The van der Waals surface area contributed by atoms with Crippen LogP contribution in [0, 0.1) is 5.92 Å². The topological polar surface area (TPSA) is 9.23 Å². The first-order chi connectivity index (χ1) is 17.9. The molecule has 0 radical (unpaired) electrons. The zero-order valence-corrected chi connectivity index (χ0v) is 21.8. The van der Waals surface area contributed by atoms with Crippen LogP contribution in [0.1, 0.15) is 95.5 Å². The van der Waals surface area contributed by atoms with Crippen molar-refractivity contribution in [2.45, 2.75) is 108 Å². The van der Waals surface area contributed by atoms with Crippen LogP contribution in [0.2, 0.25) is 0 Å². The second kappa shape index (κ2) is 13.2. The smallest absolute Gasteiger partial charge is 0.428 e. The Balaban J connectivity index is 1.48. The van der Waals surface area contributed by atoms with Gasteiger partial charge in [-0.2, -0.15) is 30.7 Å². The number of alkyl halides is 7. The van der Waals surface area contributed by atoms with Gasteiger partial charge < -0.3 is 4.74 Å². The molecule has 1 aliphatic carbocycles. The third-order valence-electron chi connectivity index (χ3n) is 7.60. The van der Waals surface area contributed by atoms with Crippen LogP contribution in [0.5, 0.6) is 5.75 Å². The lowest BCUT2D eigenvalue weighted by Gasteiger charge is -2.29. The molecule has 38 heavy (non-hydrogen) atoms. The predicted molar refractivity (Wildman–Crippen MR) is 136 cm³/mol. The van der Waals surface area contributed by atoms with E-state index in [1.165, 1.54) is 81.9 Å². The molecule has 0 spiro atoms. The standard InChI is InChI=1S/C30H37F7O/c1-2-3-4-5-6-7-8-9-22-10-12-23(13-11-22)24-14-16-25(17-15-24)26-18-20-27(21-19-26)38-30(36,37)28(31,32)29(33,34)35/h14-23H,2-13H2,1H3. The SMILES string of the molecule is CCCCCCCCCC1CCC(c2ccc(-c3ccc(OC(F)(F)C(F)(F)C(F)(F)F)cc3)cc2)CC1. The van der Waals surface area contributed by atoms with Crippen molar-refractivity contribution in [1.29, 1.82) is 0 Å². The van der Waals surface area contributed by atoms with Gasteiger partial charge in [0.1, 0.15) is 5.75 Å². The Bertz CT molecular complexity index is 960. The maximum absolute atomic E-state index is 13.5. The number of rotatable bonds is 13. The van der Waals surface area contributed by atoms with Crippen LogP contribution in [0.3, 0.4) is 0 Å².